The van der Waals surface area contributed by atoms with Gasteiger partial charge in [0.1, 0.15) is 0 Å². The van der Waals surface area contributed by atoms with Crippen LogP contribution in [0.5, 0.6) is 11.5 Å². The molecular weight excluding hydrogens is 368 g/mol. The molecule has 2 aromatic carbocycles. The van der Waals surface area contributed by atoms with E-state index in [0.717, 1.165) is 12.8 Å². The summed E-state index contributed by atoms with van der Waals surface area (Å²) < 4.78 is 11.0. The molecule has 1 atom stereocenters. The van der Waals surface area contributed by atoms with E-state index >= 15 is 0 Å². The highest BCUT2D eigenvalue weighted by atomic mass is 16.5. The molecule has 0 bridgehead atoms. The van der Waals surface area contributed by atoms with Gasteiger partial charge in [-0.25, -0.2) is 0 Å². The van der Waals surface area contributed by atoms with Crippen molar-refractivity contribution in [3.05, 3.63) is 59.7 Å². The standard InChI is InChI=1S/C23H30N2O4/c1-4-28-20-14-13-19(15-21(20)29-5-2)23(27)24-16-22(26)25-17(3)11-12-18-9-7-6-8-10-18/h6-10,13-15,17H,4-5,11-12,16H2,1-3H3,(H,24,27)(H,25,26)/t17-/m0/s1. The summed E-state index contributed by atoms with van der Waals surface area (Å²) >= 11 is 0. The van der Waals surface area contributed by atoms with E-state index in [2.05, 4.69) is 22.8 Å². The highest BCUT2D eigenvalue weighted by molar-refractivity contribution is 5.97. The highest BCUT2D eigenvalue weighted by Gasteiger charge is 2.13. The second-order valence-electron chi connectivity index (χ2n) is 6.70. The first-order valence-corrected chi connectivity index (χ1v) is 10.0. The first-order chi connectivity index (χ1) is 14.0. The maximum atomic E-state index is 12.4. The van der Waals surface area contributed by atoms with Crippen molar-refractivity contribution in [1.82, 2.24) is 10.6 Å². The first kappa shape index (κ1) is 22.3. The lowest BCUT2D eigenvalue weighted by Gasteiger charge is -2.15. The molecule has 0 unspecified atom stereocenters. The molecule has 2 amide bonds. The lowest BCUT2D eigenvalue weighted by molar-refractivity contribution is -0.120. The third-order valence-electron chi connectivity index (χ3n) is 4.33. The fourth-order valence-electron chi connectivity index (χ4n) is 2.88. The Balaban J connectivity index is 1.81. The molecule has 0 heterocycles. The van der Waals surface area contributed by atoms with Crippen LogP contribution in [0.4, 0.5) is 0 Å². The average Bonchev–Trinajstić information content (AvgIpc) is 2.73. The number of rotatable bonds is 11. The van der Waals surface area contributed by atoms with Gasteiger partial charge in [-0.3, -0.25) is 9.59 Å². The van der Waals surface area contributed by atoms with E-state index < -0.39 is 0 Å². The van der Waals surface area contributed by atoms with Crippen molar-refractivity contribution in [2.45, 2.75) is 39.7 Å². The number of carbonyl (C=O) groups excluding carboxylic acids is 2. The Morgan fingerprint density at radius 2 is 1.66 bits per heavy atom. The van der Waals surface area contributed by atoms with Crippen molar-refractivity contribution in [2.75, 3.05) is 19.8 Å². The Morgan fingerprint density at radius 3 is 2.34 bits per heavy atom. The van der Waals surface area contributed by atoms with Crippen LogP contribution in [0.2, 0.25) is 0 Å². The van der Waals surface area contributed by atoms with E-state index in [4.69, 9.17) is 9.47 Å². The maximum Gasteiger partial charge on any atom is 0.251 e. The molecule has 0 aromatic heterocycles. The van der Waals surface area contributed by atoms with Crippen LogP contribution in [0.1, 0.15) is 43.1 Å². The zero-order chi connectivity index (χ0) is 21.1. The minimum absolute atomic E-state index is 0.0228. The fraction of sp³-hybridized carbons (Fsp3) is 0.391. The normalized spacial score (nSPS) is 11.4. The van der Waals surface area contributed by atoms with Gasteiger partial charge < -0.3 is 20.1 Å². The van der Waals surface area contributed by atoms with Crippen LogP contribution in [0.25, 0.3) is 0 Å². The van der Waals surface area contributed by atoms with E-state index in [1.54, 1.807) is 18.2 Å². The summed E-state index contributed by atoms with van der Waals surface area (Å²) in [6, 6.07) is 15.2. The van der Waals surface area contributed by atoms with Crippen LogP contribution in [-0.4, -0.2) is 37.6 Å². The Morgan fingerprint density at radius 1 is 0.966 bits per heavy atom. The van der Waals surface area contributed by atoms with E-state index in [-0.39, 0.29) is 24.4 Å². The summed E-state index contributed by atoms with van der Waals surface area (Å²) in [4.78, 5) is 24.5. The topological polar surface area (TPSA) is 76.7 Å². The smallest absolute Gasteiger partial charge is 0.251 e. The molecule has 6 nitrogen and oxygen atoms in total. The van der Waals surface area contributed by atoms with Crippen LogP contribution in [-0.2, 0) is 11.2 Å². The van der Waals surface area contributed by atoms with Crippen LogP contribution in [0, 0.1) is 0 Å². The van der Waals surface area contributed by atoms with Crippen molar-refractivity contribution in [2.24, 2.45) is 0 Å². The van der Waals surface area contributed by atoms with Gasteiger partial charge in [-0.15, -0.1) is 0 Å². The molecule has 2 aromatic rings. The molecule has 0 saturated heterocycles. The summed E-state index contributed by atoms with van der Waals surface area (Å²) in [6.07, 6.45) is 1.72. The minimum atomic E-state index is -0.332. The number of nitrogens with one attached hydrogen (secondary N) is 2. The van der Waals surface area contributed by atoms with Crippen molar-refractivity contribution >= 4 is 11.8 Å². The SMILES string of the molecule is CCOc1ccc(C(=O)NCC(=O)N[C@@H](C)CCc2ccccc2)cc1OCC. The van der Waals surface area contributed by atoms with Gasteiger partial charge in [-0.1, -0.05) is 30.3 Å². The van der Waals surface area contributed by atoms with Gasteiger partial charge in [0.2, 0.25) is 5.91 Å². The molecule has 2 rings (SSSR count). The monoisotopic (exact) mass is 398 g/mol. The van der Waals surface area contributed by atoms with Gasteiger partial charge in [0.05, 0.1) is 19.8 Å². The van der Waals surface area contributed by atoms with E-state index in [1.807, 2.05) is 39.0 Å². The zero-order valence-corrected chi connectivity index (χ0v) is 17.4. The molecule has 0 aliphatic rings. The Kier molecular flexibility index (Phi) is 9.02. The molecule has 0 radical (unpaired) electrons. The van der Waals surface area contributed by atoms with E-state index in [9.17, 15) is 9.59 Å². The zero-order valence-electron chi connectivity index (χ0n) is 17.4. The van der Waals surface area contributed by atoms with Gasteiger partial charge in [0.25, 0.3) is 5.91 Å². The molecule has 0 aliphatic carbocycles. The third kappa shape index (κ3) is 7.49. The second-order valence-corrected chi connectivity index (χ2v) is 6.70. The molecule has 156 valence electrons. The minimum Gasteiger partial charge on any atom is -0.490 e. The van der Waals surface area contributed by atoms with Gasteiger partial charge in [0, 0.05) is 11.6 Å². The van der Waals surface area contributed by atoms with Gasteiger partial charge in [-0.2, -0.15) is 0 Å². The molecular formula is C23H30N2O4. The fourth-order valence-corrected chi connectivity index (χ4v) is 2.88. The Bertz CT molecular complexity index is 793. The molecule has 0 fully saturated rings. The second kappa shape index (κ2) is 11.7. The summed E-state index contributed by atoms with van der Waals surface area (Å²) in [6.45, 7) is 6.61. The molecule has 0 aliphatic heterocycles. The predicted octanol–water partition coefficient (Wildman–Crippen LogP) is 3.35. The number of carbonyl (C=O) groups is 2. The molecule has 0 saturated carbocycles. The summed E-state index contributed by atoms with van der Waals surface area (Å²) in [5, 5.41) is 5.57. The number of ether oxygens (including phenoxy) is 2. The summed E-state index contributed by atoms with van der Waals surface area (Å²) in [5.74, 6) is 0.563. The third-order valence-corrected chi connectivity index (χ3v) is 4.33. The van der Waals surface area contributed by atoms with Crippen LogP contribution < -0.4 is 20.1 Å². The number of hydrogen-bond acceptors (Lipinski definition) is 4. The lowest BCUT2D eigenvalue weighted by atomic mass is 10.1. The van der Waals surface area contributed by atoms with Crippen molar-refractivity contribution in [1.29, 1.82) is 0 Å². The van der Waals surface area contributed by atoms with Crippen LogP contribution in [0.3, 0.4) is 0 Å². The predicted molar refractivity (Wildman–Crippen MR) is 113 cm³/mol. The summed E-state index contributed by atoms with van der Waals surface area (Å²) in [7, 11) is 0. The van der Waals surface area contributed by atoms with E-state index in [1.165, 1.54) is 5.56 Å². The number of benzene rings is 2. The summed E-state index contributed by atoms with van der Waals surface area (Å²) in [5.41, 5.74) is 1.66. The first-order valence-electron chi connectivity index (χ1n) is 10.0. The number of hydrogen-bond donors (Lipinski definition) is 2. The van der Waals surface area contributed by atoms with Gasteiger partial charge >= 0.3 is 0 Å². The van der Waals surface area contributed by atoms with Gasteiger partial charge in [-0.05, 0) is 57.4 Å². The van der Waals surface area contributed by atoms with E-state index in [0.29, 0.717) is 30.3 Å². The number of aryl methyl sites for hydroxylation is 1. The van der Waals surface area contributed by atoms with Crippen LogP contribution in [0.15, 0.2) is 48.5 Å². The average molecular weight is 399 g/mol. The molecule has 29 heavy (non-hydrogen) atoms. The van der Waals surface area contributed by atoms with Gasteiger partial charge in [0.15, 0.2) is 11.5 Å². The number of amides is 2. The van der Waals surface area contributed by atoms with Crippen LogP contribution >= 0.6 is 0 Å². The molecule has 2 N–H and O–H groups in total. The van der Waals surface area contributed by atoms with Crippen molar-refractivity contribution in [3.8, 4) is 11.5 Å². The Hall–Kier alpha value is -3.02. The molecule has 0 spiro atoms. The highest BCUT2D eigenvalue weighted by Crippen LogP contribution is 2.28. The largest absolute Gasteiger partial charge is 0.490 e. The van der Waals surface area contributed by atoms with Crippen molar-refractivity contribution < 1.29 is 19.1 Å². The maximum absolute atomic E-state index is 12.4. The quantitative estimate of drug-likeness (QED) is 0.609. The van der Waals surface area contributed by atoms with Crippen molar-refractivity contribution in [3.63, 3.8) is 0 Å². The molecule has 6 heteroatoms. The Labute approximate surface area is 172 Å². The lowest BCUT2D eigenvalue weighted by Crippen LogP contribution is -2.41.